The number of aliphatic hydroxyl groups is 1. The lowest BCUT2D eigenvalue weighted by atomic mass is 9.93. The lowest BCUT2D eigenvalue weighted by molar-refractivity contribution is 0.120. The molecule has 2 fully saturated rings. The molecule has 1 aromatic carbocycles. The van der Waals surface area contributed by atoms with Gasteiger partial charge in [-0.2, -0.15) is 0 Å². The molecule has 0 aliphatic heterocycles. The molecule has 0 unspecified atom stereocenters. The van der Waals surface area contributed by atoms with Crippen LogP contribution in [0.5, 0.6) is 0 Å². The smallest absolute Gasteiger partial charge is 0.191 e. The number of hydrogen-bond donors (Lipinski definition) is 3. The van der Waals surface area contributed by atoms with Gasteiger partial charge in [0.05, 0.1) is 12.6 Å². The monoisotopic (exact) mass is 333 g/mol. The highest BCUT2D eigenvalue weighted by molar-refractivity contribution is 5.80. The summed E-state index contributed by atoms with van der Waals surface area (Å²) in [5.74, 6) is 0.686. The summed E-state index contributed by atoms with van der Waals surface area (Å²) in [5, 5.41) is 16.4. The number of nitrogens with one attached hydrogen (secondary N) is 2. The molecular formula is C19H28FN3O. The van der Waals surface area contributed by atoms with Crippen molar-refractivity contribution in [1.29, 1.82) is 0 Å². The van der Waals surface area contributed by atoms with Gasteiger partial charge in [0, 0.05) is 18.0 Å². The minimum Gasteiger partial charge on any atom is -0.393 e. The molecule has 0 amide bonds. The lowest BCUT2D eigenvalue weighted by Crippen LogP contribution is -2.45. The molecule has 0 radical (unpaired) electrons. The van der Waals surface area contributed by atoms with Crippen LogP contribution in [0.1, 0.15) is 51.0 Å². The van der Waals surface area contributed by atoms with E-state index in [-0.39, 0.29) is 17.3 Å². The van der Waals surface area contributed by atoms with Gasteiger partial charge in [0.15, 0.2) is 5.96 Å². The predicted octanol–water partition coefficient (Wildman–Crippen LogP) is 2.72. The minimum absolute atomic E-state index is 0.121. The SMILES string of the molecule is CCNC(=NCC1(c2ccccc2F)CC1)NC1CCC(O)CC1. The van der Waals surface area contributed by atoms with Crippen molar-refractivity contribution in [2.24, 2.45) is 4.99 Å². The van der Waals surface area contributed by atoms with Gasteiger partial charge in [-0.1, -0.05) is 18.2 Å². The molecule has 3 N–H and O–H groups in total. The normalized spacial score (nSPS) is 26.0. The zero-order chi connectivity index (χ0) is 17.0. The summed E-state index contributed by atoms with van der Waals surface area (Å²) < 4.78 is 14.1. The average molecular weight is 333 g/mol. The molecule has 2 aliphatic rings. The zero-order valence-corrected chi connectivity index (χ0v) is 14.4. The molecule has 132 valence electrons. The zero-order valence-electron chi connectivity index (χ0n) is 14.4. The molecule has 24 heavy (non-hydrogen) atoms. The number of aliphatic imine (C=N–C) groups is 1. The van der Waals surface area contributed by atoms with Gasteiger partial charge in [0.2, 0.25) is 0 Å². The van der Waals surface area contributed by atoms with E-state index in [4.69, 9.17) is 4.99 Å². The molecule has 4 nitrogen and oxygen atoms in total. The van der Waals surface area contributed by atoms with Gasteiger partial charge in [0.25, 0.3) is 0 Å². The molecule has 2 saturated carbocycles. The second-order valence-electron chi connectivity index (χ2n) is 7.11. The summed E-state index contributed by atoms with van der Waals surface area (Å²) in [6.45, 7) is 3.46. The summed E-state index contributed by atoms with van der Waals surface area (Å²) >= 11 is 0. The molecule has 0 aromatic heterocycles. The van der Waals surface area contributed by atoms with E-state index in [0.29, 0.717) is 12.6 Å². The highest BCUT2D eigenvalue weighted by Gasteiger charge is 2.45. The molecule has 0 saturated heterocycles. The van der Waals surface area contributed by atoms with E-state index in [1.807, 2.05) is 19.1 Å². The molecular weight excluding hydrogens is 305 g/mol. The van der Waals surface area contributed by atoms with E-state index in [2.05, 4.69) is 10.6 Å². The Morgan fingerprint density at radius 3 is 2.58 bits per heavy atom. The summed E-state index contributed by atoms with van der Waals surface area (Å²) in [6, 6.07) is 7.42. The van der Waals surface area contributed by atoms with Crippen LogP contribution in [0.2, 0.25) is 0 Å². The van der Waals surface area contributed by atoms with Crippen LogP contribution in [0, 0.1) is 5.82 Å². The molecule has 1 aromatic rings. The van der Waals surface area contributed by atoms with Crippen molar-refractivity contribution in [3.8, 4) is 0 Å². The third kappa shape index (κ3) is 4.07. The summed E-state index contributed by atoms with van der Waals surface area (Å²) in [7, 11) is 0. The summed E-state index contributed by atoms with van der Waals surface area (Å²) in [6.07, 6.45) is 5.44. The Bertz CT molecular complexity index is 578. The van der Waals surface area contributed by atoms with E-state index in [1.165, 1.54) is 6.07 Å². The maximum absolute atomic E-state index is 14.1. The number of guanidine groups is 1. The fourth-order valence-corrected chi connectivity index (χ4v) is 3.52. The van der Waals surface area contributed by atoms with Gasteiger partial charge in [-0.05, 0) is 57.1 Å². The van der Waals surface area contributed by atoms with Crippen molar-refractivity contribution in [1.82, 2.24) is 10.6 Å². The first-order valence-electron chi connectivity index (χ1n) is 9.11. The maximum Gasteiger partial charge on any atom is 0.191 e. The first-order chi connectivity index (χ1) is 11.6. The fraction of sp³-hybridized carbons (Fsp3) is 0.632. The molecule has 0 bridgehead atoms. The number of benzene rings is 1. The van der Waals surface area contributed by atoms with Crippen LogP contribution in [0.15, 0.2) is 29.3 Å². The van der Waals surface area contributed by atoms with Crippen LogP contribution in [0.25, 0.3) is 0 Å². The van der Waals surface area contributed by atoms with Crippen molar-refractivity contribution in [2.45, 2.75) is 63.0 Å². The summed E-state index contributed by atoms with van der Waals surface area (Å²) in [4.78, 5) is 4.74. The van der Waals surface area contributed by atoms with E-state index in [9.17, 15) is 9.50 Å². The molecule has 3 rings (SSSR count). The Hall–Kier alpha value is -1.62. The second-order valence-corrected chi connectivity index (χ2v) is 7.11. The van der Waals surface area contributed by atoms with E-state index < -0.39 is 0 Å². The van der Waals surface area contributed by atoms with Gasteiger partial charge in [-0.25, -0.2) is 4.39 Å². The molecule has 0 spiro atoms. The van der Waals surface area contributed by atoms with Crippen LogP contribution in [-0.4, -0.2) is 36.3 Å². The Labute approximate surface area is 143 Å². The highest BCUT2D eigenvalue weighted by atomic mass is 19.1. The van der Waals surface area contributed by atoms with Gasteiger partial charge in [-0.3, -0.25) is 4.99 Å². The molecule has 2 aliphatic carbocycles. The topological polar surface area (TPSA) is 56.7 Å². The van der Waals surface area contributed by atoms with Gasteiger partial charge < -0.3 is 15.7 Å². The van der Waals surface area contributed by atoms with Crippen LogP contribution >= 0.6 is 0 Å². The number of nitrogens with zero attached hydrogens (tertiary/aromatic N) is 1. The van der Waals surface area contributed by atoms with Crippen molar-refractivity contribution in [3.05, 3.63) is 35.6 Å². The van der Waals surface area contributed by atoms with E-state index >= 15 is 0 Å². The van der Waals surface area contributed by atoms with E-state index in [0.717, 1.165) is 56.6 Å². The Morgan fingerprint density at radius 2 is 1.96 bits per heavy atom. The maximum atomic E-state index is 14.1. The van der Waals surface area contributed by atoms with Crippen LogP contribution < -0.4 is 10.6 Å². The van der Waals surface area contributed by atoms with Gasteiger partial charge in [-0.15, -0.1) is 0 Å². The van der Waals surface area contributed by atoms with Crippen LogP contribution in [-0.2, 0) is 5.41 Å². The quantitative estimate of drug-likeness (QED) is 0.574. The van der Waals surface area contributed by atoms with Crippen molar-refractivity contribution < 1.29 is 9.50 Å². The van der Waals surface area contributed by atoms with E-state index in [1.54, 1.807) is 6.07 Å². The molecule has 0 atom stereocenters. The standard InChI is InChI=1S/C19H28FN3O/c1-2-21-18(23-14-7-9-15(24)10-8-14)22-13-19(11-12-19)16-5-3-4-6-17(16)20/h3-6,14-15,24H,2,7-13H2,1H3,(H2,21,22,23). The summed E-state index contributed by atoms with van der Waals surface area (Å²) in [5.41, 5.74) is 0.668. The Kier molecular flexibility index (Phi) is 5.39. The second kappa shape index (κ2) is 7.51. The van der Waals surface area contributed by atoms with Crippen LogP contribution in [0.4, 0.5) is 4.39 Å². The Balaban J connectivity index is 1.64. The lowest BCUT2D eigenvalue weighted by Gasteiger charge is -2.28. The first kappa shape index (κ1) is 17.2. The Morgan fingerprint density at radius 1 is 1.25 bits per heavy atom. The van der Waals surface area contributed by atoms with Gasteiger partial charge >= 0.3 is 0 Å². The number of hydrogen-bond acceptors (Lipinski definition) is 2. The number of aliphatic hydroxyl groups excluding tert-OH is 1. The van der Waals surface area contributed by atoms with Gasteiger partial charge in [0.1, 0.15) is 5.82 Å². The predicted molar refractivity (Wildman–Crippen MR) is 94.7 cm³/mol. The van der Waals surface area contributed by atoms with Crippen molar-refractivity contribution in [3.63, 3.8) is 0 Å². The van der Waals surface area contributed by atoms with Crippen molar-refractivity contribution in [2.75, 3.05) is 13.1 Å². The molecule has 5 heteroatoms. The third-order valence-corrected chi connectivity index (χ3v) is 5.22. The third-order valence-electron chi connectivity index (χ3n) is 5.22. The average Bonchev–Trinajstić information content (AvgIpc) is 3.36. The van der Waals surface area contributed by atoms with Crippen LogP contribution in [0.3, 0.4) is 0 Å². The highest BCUT2D eigenvalue weighted by Crippen LogP contribution is 2.49. The first-order valence-corrected chi connectivity index (χ1v) is 9.11. The van der Waals surface area contributed by atoms with Crippen molar-refractivity contribution >= 4 is 5.96 Å². The largest absolute Gasteiger partial charge is 0.393 e. The molecule has 0 heterocycles. The number of halogens is 1. The number of rotatable bonds is 5. The minimum atomic E-state index is -0.154. The fourth-order valence-electron chi connectivity index (χ4n) is 3.52.